The second-order valence-corrected chi connectivity index (χ2v) is 8.79. The Bertz CT molecular complexity index is 634. The molecule has 1 aromatic carbocycles. The van der Waals surface area contributed by atoms with Gasteiger partial charge in [-0.25, -0.2) is 8.42 Å². The summed E-state index contributed by atoms with van der Waals surface area (Å²) in [5.74, 6) is -0.137. The molecule has 0 radical (unpaired) electrons. The molecule has 5 heteroatoms. The van der Waals surface area contributed by atoms with Crippen molar-refractivity contribution in [1.82, 2.24) is 4.90 Å². The summed E-state index contributed by atoms with van der Waals surface area (Å²) >= 11 is 0. The Kier molecular flexibility index (Phi) is 7.03. The molecule has 1 aromatic rings. The maximum Gasteiger partial charge on any atom is 0.223 e. The van der Waals surface area contributed by atoms with Crippen molar-refractivity contribution in [2.75, 3.05) is 18.8 Å². The Morgan fingerprint density at radius 3 is 2.50 bits per heavy atom. The standard InChI is InChI=1S/C19H27NO3S/c1-2-14-20(15-12-17-8-4-3-5-9-17)19(21)13-16-24(22,23)18-10-6-7-11-18/h2-5,8-9,18H,1,6-7,10-16H2. The van der Waals surface area contributed by atoms with E-state index in [1.165, 1.54) is 0 Å². The highest BCUT2D eigenvalue weighted by Crippen LogP contribution is 2.25. The Labute approximate surface area is 145 Å². The predicted octanol–water partition coefficient (Wildman–Crippen LogP) is 2.99. The van der Waals surface area contributed by atoms with Gasteiger partial charge in [0.25, 0.3) is 0 Å². The van der Waals surface area contributed by atoms with E-state index in [9.17, 15) is 13.2 Å². The number of amides is 1. The molecule has 0 aliphatic heterocycles. The average Bonchev–Trinajstić information content (AvgIpc) is 3.13. The largest absolute Gasteiger partial charge is 0.339 e. The van der Waals surface area contributed by atoms with E-state index < -0.39 is 9.84 Å². The van der Waals surface area contributed by atoms with Crippen LogP contribution in [0, 0.1) is 0 Å². The van der Waals surface area contributed by atoms with Gasteiger partial charge in [0.2, 0.25) is 5.91 Å². The molecule has 1 aliphatic rings. The minimum absolute atomic E-state index is 0.0323. The molecule has 0 unspecified atom stereocenters. The van der Waals surface area contributed by atoms with Gasteiger partial charge in [-0.2, -0.15) is 0 Å². The molecule has 0 bridgehead atoms. The Morgan fingerprint density at radius 2 is 1.88 bits per heavy atom. The summed E-state index contributed by atoms with van der Waals surface area (Å²) < 4.78 is 24.6. The smallest absolute Gasteiger partial charge is 0.223 e. The molecule has 1 aliphatic carbocycles. The first-order valence-electron chi connectivity index (χ1n) is 8.67. The van der Waals surface area contributed by atoms with Crippen molar-refractivity contribution in [1.29, 1.82) is 0 Å². The third kappa shape index (κ3) is 5.48. The second kappa shape index (κ2) is 9.02. The van der Waals surface area contributed by atoms with E-state index in [-0.39, 0.29) is 23.3 Å². The monoisotopic (exact) mass is 349 g/mol. The number of benzene rings is 1. The predicted molar refractivity (Wildman–Crippen MR) is 97.6 cm³/mol. The van der Waals surface area contributed by atoms with Crippen molar-refractivity contribution in [3.05, 3.63) is 48.6 Å². The fourth-order valence-electron chi connectivity index (χ4n) is 3.18. The van der Waals surface area contributed by atoms with Crippen molar-refractivity contribution >= 4 is 15.7 Å². The van der Waals surface area contributed by atoms with Crippen LogP contribution < -0.4 is 0 Å². The lowest BCUT2D eigenvalue weighted by Crippen LogP contribution is -2.35. The zero-order chi connectivity index (χ0) is 17.4. The average molecular weight is 349 g/mol. The molecule has 2 rings (SSSR count). The molecule has 1 amide bonds. The van der Waals surface area contributed by atoms with Crippen LogP contribution in [0.4, 0.5) is 0 Å². The zero-order valence-corrected chi connectivity index (χ0v) is 15.0. The number of hydrogen-bond acceptors (Lipinski definition) is 3. The Morgan fingerprint density at radius 1 is 1.21 bits per heavy atom. The first kappa shape index (κ1) is 18.7. The van der Waals surface area contributed by atoms with Gasteiger partial charge in [0.1, 0.15) is 0 Å². The molecule has 132 valence electrons. The van der Waals surface area contributed by atoms with Gasteiger partial charge in [0.15, 0.2) is 9.84 Å². The number of rotatable bonds is 9. The Balaban J connectivity index is 1.87. The summed E-state index contributed by atoms with van der Waals surface area (Å²) in [6, 6.07) is 9.97. The third-order valence-corrected chi connectivity index (χ3v) is 6.89. The minimum Gasteiger partial charge on any atom is -0.339 e. The highest BCUT2D eigenvalue weighted by atomic mass is 32.2. The molecule has 0 spiro atoms. The second-order valence-electron chi connectivity index (χ2n) is 6.39. The summed E-state index contributed by atoms with van der Waals surface area (Å²) in [7, 11) is -3.14. The van der Waals surface area contributed by atoms with Crippen molar-refractivity contribution in [3.8, 4) is 0 Å². The summed E-state index contributed by atoms with van der Waals surface area (Å²) in [6.45, 7) is 4.73. The molecule has 0 heterocycles. The third-order valence-electron chi connectivity index (χ3n) is 4.63. The van der Waals surface area contributed by atoms with E-state index >= 15 is 0 Å². The zero-order valence-electron chi connectivity index (χ0n) is 14.2. The van der Waals surface area contributed by atoms with Gasteiger partial charge in [-0.1, -0.05) is 49.2 Å². The van der Waals surface area contributed by atoms with Crippen molar-refractivity contribution < 1.29 is 13.2 Å². The quantitative estimate of drug-likeness (QED) is 0.644. The van der Waals surface area contributed by atoms with Crippen molar-refractivity contribution in [2.24, 2.45) is 0 Å². The normalized spacial score (nSPS) is 15.3. The Hall–Kier alpha value is -1.62. The molecule has 1 saturated carbocycles. The lowest BCUT2D eigenvalue weighted by molar-refractivity contribution is -0.130. The lowest BCUT2D eigenvalue weighted by Gasteiger charge is -2.21. The van der Waals surface area contributed by atoms with Gasteiger partial charge in [-0.05, 0) is 24.8 Å². The summed E-state index contributed by atoms with van der Waals surface area (Å²) in [6.07, 6.45) is 5.99. The van der Waals surface area contributed by atoms with Crippen LogP contribution in [-0.2, 0) is 21.1 Å². The van der Waals surface area contributed by atoms with Gasteiger partial charge in [-0.3, -0.25) is 4.79 Å². The van der Waals surface area contributed by atoms with Crippen LogP contribution in [0.2, 0.25) is 0 Å². The fourth-order valence-corrected chi connectivity index (χ4v) is 5.03. The number of hydrogen-bond donors (Lipinski definition) is 0. The molecule has 24 heavy (non-hydrogen) atoms. The number of sulfone groups is 1. The molecule has 0 N–H and O–H groups in total. The highest BCUT2D eigenvalue weighted by molar-refractivity contribution is 7.92. The van der Waals surface area contributed by atoms with Crippen LogP contribution in [0.5, 0.6) is 0 Å². The van der Waals surface area contributed by atoms with Gasteiger partial charge < -0.3 is 4.90 Å². The van der Waals surface area contributed by atoms with E-state index in [2.05, 4.69) is 6.58 Å². The molecule has 4 nitrogen and oxygen atoms in total. The van der Waals surface area contributed by atoms with Crippen LogP contribution in [0.15, 0.2) is 43.0 Å². The van der Waals surface area contributed by atoms with Crippen LogP contribution >= 0.6 is 0 Å². The van der Waals surface area contributed by atoms with E-state index in [4.69, 9.17) is 0 Å². The minimum atomic E-state index is -3.14. The molecule has 0 aromatic heterocycles. The van der Waals surface area contributed by atoms with Gasteiger partial charge in [0.05, 0.1) is 11.0 Å². The molecular formula is C19H27NO3S. The van der Waals surface area contributed by atoms with Crippen LogP contribution in [0.25, 0.3) is 0 Å². The first-order chi connectivity index (χ1) is 11.5. The topological polar surface area (TPSA) is 54.5 Å². The van der Waals surface area contributed by atoms with Gasteiger partial charge in [0, 0.05) is 19.5 Å². The summed E-state index contributed by atoms with van der Waals surface area (Å²) in [5, 5.41) is -0.234. The molecule has 1 fully saturated rings. The SMILES string of the molecule is C=CCN(CCc1ccccc1)C(=O)CCS(=O)(=O)C1CCCC1. The van der Waals surface area contributed by atoms with Crippen molar-refractivity contribution in [2.45, 2.75) is 43.8 Å². The number of nitrogens with zero attached hydrogens (tertiary/aromatic N) is 1. The van der Waals surface area contributed by atoms with Crippen LogP contribution in [-0.4, -0.2) is 43.3 Å². The van der Waals surface area contributed by atoms with Crippen LogP contribution in [0.3, 0.4) is 0 Å². The maximum absolute atomic E-state index is 12.4. The molecule has 0 atom stereocenters. The number of carbonyl (C=O) groups excluding carboxylic acids is 1. The molecule has 0 saturated heterocycles. The summed E-state index contributed by atoms with van der Waals surface area (Å²) in [5.41, 5.74) is 1.16. The lowest BCUT2D eigenvalue weighted by atomic mass is 10.1. The van der Waals surface area contributed by atoms with E-state index in [1.54, 1.807) is 11.0 Å². The highest BCUT2D eigenvalue weighted by Gasteiger charge is 2.29. The maximum atomic E-state index is 12.4. The van der Waals surface area contributed by atoms with Gasteiger partial charge >= 0.3 is 0 Å². The van der Waals surface area contributed by atoms with E-state index in [1.807, 2.05) is 30.3 Å². The number of carbonyl (C=O) groups is 1. The fraction of sp³-hybridized carbons (Fsp3) is 0.526. The summed E-state index contributed by atoms with van der Waals surface area (Å²) in [4.78, 5) is 14.1. The molecular weight excluding hydrogens is 322 g/mol. The first-order valence-corrected chi connectivity index (χ1v) is 10.4. The van der Waals surface area contributed by atoms with E-state index in [0.717, 1.165) is 37.7 Å². The van der Waals surface area contributed by atoms with Crippen molar-refractivity contribution in [3.63, 3.8) is 0 Å². The van der Waals surface area contributed by atoms with Crippen LogP contribution in [0.1, 0.15) is 37.7 Å². The van der Waals surface area contributed by atoms with Gasteiger partial charge in [-0.15, -0.1) is 6.58 Å². The van der Waals surface area contributed by atoms with E-state index in [0.29, 0.717) is 13.1 Å².